The summed E-state index contributed by atoms with van der Waals surface area (Å²) >= 11 is 0. The first-order valence-electron chi connectivity index (χ1n) is 11.3. The largest absolute Gasteiger partial charge is 0.465 e. The van der Waals surface area contributed by atoms with E-state index >= 15 is 0 Å². The maximum atomic E-state index is 12.6. The molecule has 32 heavy (non-hydrogen) atoms. The van der Waals surface area contributed by atoms with Gasteiger partial charge in [-0.05, 0) is 48.8 Å². The van der Waals surface area contributed by atoms with E-state index in [1.165, 1.54) is 0 Å². The molecule has 1 aromatic carbocycles. The van der Waals surface area contributed by atoms with Crippen LogP contribution < -0.4 is 15.5 Å². The number of anilines is 1. The molecule has 2 aliphatic heterocycles. The molecule has 1 aromatic heterocycles. The number of amides is 2. The van der Waals surface area contributed by atoms with E-state index in [-0.39, 0.29) is 28.9 Å². The van der Waals surface area contributed by atoms with Gasteiger partial charge in [0.25, 0.3) is 5.91 Å². The number of carboxylic acid groups (broad SMARTS) is 1. The highest BCUT2D eigenvalue weighted by molar-refractivity contribution is 5.94. The Morgan fingerprint density at radius 3 is 2.56 bits per heavy atom. The highest BCUT2D eigenvalue weighted by Gasteiger charge is 2.57. The zero-order chi connectivity index (χ0) is 22.9. The van der Waals surface area contributed by atoms with Crippen molar-refractivity contribution in [1.82, 2.24) is 15.6 Å². The number of hydrogen-bond donors (Lipinski definition) is 3. The van der Waals surface area contributed by atoms with E-state index in [9.17, 15) is 14.7 Å². The number of aromatic nitrogens is 1. The van der Waals surface area contributed by atoms with E-state index in [0.717, 1.165) is 37.1 Å². The van der Waals surface area contributed by atoms with Crippen molar-refractivity contribution < 1.29 is 14.7 Å². The van der Waals surface area contributed by atoms with Gasteiger partial charge in [0.05, 0.1) is 5.56 Å². The molecule has 2 amide bonds. The first kappa shape index (κ1) is 22.1. The summed E-state index contributed by atoms with van der Waals surface area (Å²) < 4.78 is 0. The molecule has 0 spiro atoms. The Hall–Kier alpha value is -3.09. The quantitative estimate of drug-likeness (QED) is 0.653. The lowest BCUT2D eigenvalue weighted by molar-refractivity contribution is 0.0950. The van der Waals surface area contributed by atoms with Gasteiger partial charge in [-0.25, -0.2) is 9.78 Å². The minimum Gasteiger partial charge on any atom is -0.465 e. The van der Waals surface area contributed by atoms with Crippen molar-refractivity contribution in [3.8, 4) is 0 Å². The number of hydrogen-bond acceptors (Lipinski definition) is 4. The first-order valence-corrected chi connectivity index (χ1v) is 11.3. The van der Waals surface area contributed by atoms with Gasteiger partial charge < -0.3 is 20.6 Å². The fraction of sp³-hybridized carbons (Fsp3) is 0.480. The molecule has 0 radical (unpaired) electrons. The van der Waals surface area contributed by atoms with E-state index in [4.69, 9.17) is 4.98 Å². The first-order chi connectivity index (χ1) is 15.2. The minimum absolute atomic E-state index is 0.0569. The van der Waals surface area contributed by atoms with Gasteiger partial charge >= 0.3 is 6.09 Å². The Morgan fingerprint density at radius 1 is 1.19 bits per heavy atom. The minimum atomic E-state index is -0.962. The average molecular weight is 437 g/mol. The third-order valence-corrected chi connectivity index (χ3v) is 7.13. The molecule has 2 aliphatic rings. The monoisotopic (exact) mass is 436 g/mol. The third kappa shape index (κ3) is 4.16. The number of fused-ring (bicyclic) bond motifs is 2. The maximum Gasteiger partial charge on any atom is 0.404 e. The summed E-state index contributed by atoms with van der Waals surface area (Å²) in [7, 11) is 0. The Balaban J connectivity index is 1.52. The SMILES string of the molecule is CC(C)(C)C12CCC(CC(NC(=O)O)C1)N2c1ccc(C(=O)NCc2ccccc2)cn1. The predicted molar refractivity (Wildman–Crippen MR) is 124 cm³/mol. The number of piperidine rings is 1. The highest BCUT2D eigenvalue weighted by Crippen LogP contribution is 2.54. The van der Waals surface area contributed by atoms with Crippen LogP contribution in [0.15, 0.2) is 48.7 Å². The lowest BCUT2D eigenvalue weighted by Crippen LogP contribution is -2.63. The molecular weight excluding hydrogens is 404 g/mol. The molecule has 7 nitrogen and oxygen atoms in total. The van der Waals surface area contributed by atoms with Crippen LogP contribution in [0.1, 0.15) is 62.4 Å². The van der Waals surface area contributed by atoms with Crippen LogP contribution in [0.3, 0.4) is 0 Å². The molecule has 2 fully saturated rings. The van der Waals surface area contributed by atoms with E-state index in [1.54, 1.807) is 6.20 Å². The molecular formula is C25H32N4O3. The van der Waals surface area contributed by atoms with Crippen LogP contribution >= 0.6 is 0 Å². The molecule has 170 valence electrons. The summed E-state index contributed by atoms with van der Waals surface area (Å²) in [5.74, 6) is 0.710. The molecule has 7 heteroatoms. The summed E-state index contributed by atoms with van der Waals surface area (Å²) in [6.45, 7) is 7.13. The van der Waals surface area contributed by atoms with E-state index in [0.29, 0.717) is 12.1 Å². The average Bonchev–Trinajstić information content (AvgIpc) is 3.00. The van der Waals surface area contributed by atoms with Crippen molar-refractivity contribution in [2.24, 2.45) is 5.41 Å². The molecule has 2 bridgehead atoms. The number of carbonyl (C=O) groups excluding carboxylic acids is 1. The van der Waals surface area contributed by atoms with Crippen molar-refractivity contribution in [3.05, 3.63) is 59.8 Å². The second-order valence-electron chi connectivity index (χ2n) is 10.0. The lowest BCUT2D eigenvalue weighted by Gasteiger charge is -2.55. The van der Waals surface area contributed by atoms with Crippen molar-refractivity contribution in [1.29, 1.82) is 0 Å². The Bertz CT molecular complexity index is 971. The van der Waals surface area contributed by atoms with Gasteiger partial charge in [0.2, 0.25) is 0 Å². The number of nitrogens with zero attached hydrogens (tertiary/aromatic N) is 2. The van der Waals surface area contributed by atoms with E-state index < -0.39 is 6.09 Å². The maximum absolute atomic E-state index is 12.6. The molecule has 3 N–H and O–H groups in total. The van der Waals surface area contributed by atoms with E-state index in [2.05, 4.69) is 36.3 Å². The third-order valence-electron chi connectivity index (χ3n) is 7.13. The molecule has 3 atom stereocenters. The van der Waals surface area contributed by atoms with Gasteiger partial charge in [0, 0.05) is 30.4 Å². The van der Waals surface area contributed by atoms with Crippen molar-refractivity contribution in [2.45, 2.75) is 70.6 Å². The van der Waals surface area contributed by atoms with Gasteiger partial charge in [-0.2, -0.15) is 0 Å². The Labute approximate surface area is 189 Å². The summed E-state index contributed by atoms with van der Waals surface area (Å²) in [4.78, 5) is 31.0. The molecule has 0 saturated carbocycles. The summed E-state index contributed by atoms with van der Waals surface area (Å²) in [5, 5.41) is 14.9. The van der Waals surface area contributed by atoms with Crippen LogP contribution in [-0.4, -0.2) is 39.7 Å². The van der Waals surface area contributed by atoms with Crippen LogP contribution in [0.4, 0.5) is 10.6 Å². The highest BCUT2D eigenvalue weighted by atomic mass is 16.4. The summed E-state index contributed by atoms with van der Waals surface area (Å²) in [6, 6.07) is 13.7. The molecule has 0 aliphatic carbocycles. The van der Waals surface area contributed by atoms with Crippen LogP contribution in [-0.2, 0) is 6.54 Å². The van der Waals surface area contributed by atoms with Crippen molar-refractivity contribution in [2.75, 3.05) is 4.90 Å². The molecule has 4 rings (SSSR count). The zero-order valence-corrected chi connectivity index (χ0v) is 19.0. The van der Waals surface area contributed by atoms with E-state index in [1.807, 2.05) is 42.5 Å². The summed E-state index contributed by atoms with van der Waals surface area (Å²) in [5.41, 5.74) is 1.33. The van der Waals surface area contributed by atoms with Crippen LogP contribution in [0, 0.1) is 5.41 Å². The van der Waals surface area contributed by atoms with Crippen molar-refractivity contribution in [3.63, 3.8) is 0 Å². The van der Waals surface area contributed by atoms with Gasteiger partial charge in [-0.15, -0.1) is 0 Å². The normalized spacial score (nSPS) is 24.8. The van der Waals surface area contributed by atoms with Gasteiger partial charge in [-0.1, -0.05) is 51.1 Å². The van der Waals surface area contributed by atoms with Crippen LogP contribution in [0.5, 0.6) is 0 Å². The number of carbonyl (C=O) groups is 2. The predicted octanol–water partition coefficient (Wildman–Crippen LogP) is 4.20. The standard InChI is InChI=1S/C25H32N4O3/c1-24(2,3)25-12-11-20(13-19(14-25)28-23(31)32)29(25)21-10-9-18(16-26-21)22(30)27-15-17-7-5-4-6-8-17/h4-10,16,19-20,28H,11-15H2,1-3H3,(H,27,30)(H,31,32). The molecule has 2 aromatic rings. The lowest BCUT2D eigenvalue weighted by atomic mass is 9.67. The topological polar surface area (TPSA) is 94.6 Å². The molecule has 2 saturated heterocycles. The zero-order valence-electron chi connectivity index (χ0n) is 19.0. The van der Waals surface area contributed by atoms with Gasteiger partial charge in [0.1, 0.15) is 5.82 Å². The fourth-order valence-electron chi connectivity index (χ4n) is 5.52. The molecule has 3 heterocycles. The fourth-order valence-corrected chi connectivity index (χ4v) is 5.52. The number of rotatable bonds is 5. The Morgan fingerprint density at radius 2 is 1.94 bits per heavy atom. The molecule has 3 unspecified atom stereocenters. The van der Waals surface area contributed by atoms with Crippen LogP contribution in [0.2, 0.25) is 0 Å². The second kappa shape index (κ2) is 8.45. The number of benzene rings is 1. The smallest absolute Gasteiger partial charge is 0.404 e. The van der Waals surface area contributed by atoms with Crippen LogP contribution in [0.25, 0.3) is 0 Å². The van der Waals surface area contributed by atoms with Gasteiger partial charge in [-0.3, -0.25) is 4.79 Å². The number of pyridine rings is 1. The second-order valence-corrected chi connectivity index (χ2v) is 10.0. The Kier molecular flexibility index (Phi) is 5.84. The summed E-state index contributed by atoms with van der Waals surface area (Å²) in [6.07, 6.45) is 4.21. The van der Waals surface area contributed by atoms with Crippen molar-refractivity contribution >= 4 is 17.8 Å². The number of nitrogens with one attached hydrogen (secondary N) is 2. The van der Waals surface area contributed by atoms with Gasteiger partial charge in [0.15, 0.2) is 0 Å².